The molecule has 190 valence electrons. The molecule has 2 aliphatic rings. The molecule has 2 aromatic heterocycles. The van der Waals surface area contributed by atoms with Crippen molar-refractivity contribution < 1.29 is 13.9 Å². The van der Waals surface area contributed by atoms with Gasteiger partial charge in [0.1, 0.15) is 17.1 Å². The number of fused-ring (bicyclic) bond motifs is 1. The van der Waals surface area contributed by atoms with E-state index in [2.05, 4.69) is 10.3 Å². The Morgan fingerprint density at radius 1 is 0.946 bits per heavy atom. The lowest BCUT2D eigenvalue weighted by molar-refractivity contribution is -0.118. The molecule has 2 saturated carbocycles. The average Bonchev–Trinajstić information content (AvgIpc) is 3.84. The molecule has 0 bridgehead atoms. The summed E-state index contributed by atoms with van der Waals surface area (Å²) in [4.78, 5) is 41.8. The summed E-state index contributed by atoms with van der Waals surface area (Å²) in [5.41, 5.74) is 2.66. The summed E-state index contributed by atoms with van der Waals surface area (Å²) >= 11 is 0. The highest BCUT2D eigenvalue weighted by Gasteiger charge is 2.28. The number of nitrogens with zero attached hydrogens (tertiary/aromatic N) is 2. The highest BCUT2D eigenvalue weighted by molar-refractivity contribution is 5.91. The lowest BCUT2D eigenvalue weighted by Crippen LogP contribution is -2.40. The molecule has 2 aromatic carbocycles. The third-order valence-electron chi connectivity index (χ3n) is 6.95. The van der Waals surface area contributed by atoms with Crippen LogP contribution in [0.2, 0.25) is 0 Å². The van der Waals surface area contributed by atoms with Gasteiger partial charge in [0.05, 0.1) is 5.52 Å². The summed E-state index contributed by atoms with van der Waals surface area (Å²) in [5.74, 6) is 0.674. The van der Waals surface area contributed by atoms with Gasteiger partial charge < -0.3 is 15.0 Å². The number of anilines is 1. The van der Waals surface area contributed by atoms with Gasteiger partial charge in [-0.3, -0.25) is 18.7 Å². The van der Waals surface area contributed by atoms with Gasteiger partial charge >= 0.3 is 5.69 Å². The smallest absolute Gasteiger partial charge is 0.331 e. The lowest BCUT2D eigenvalue weighted by atomic mass is 10.1. The molecular formula is C28H27FN4O4. The summed E-state index contributed by atoms with van der Waals surface area (Å²) in [7, 11) is 0. The minimum atomic E-state index is -0.376. The van der Waals surface area contributed by atoms with E-state index >= 15 is 0 Å². The van der Waals surface area contributed by atoms with E-state index in [0.29, 0.717) is 47.4 Å². The Kier molecular flexibility index (Phi) is 5.90. The summed E-state index contributed by atoms with van der Waals surface area (Å²) in [6.45, 7) is 0.912. The van der Waals surface area contributed by atoms with Gasteiger partial charge in [-0.05, 0) is 97.7 Å². The van der Waals surface area contributed by atoms with Crippen molar-refractivity contribution in [1.82, 2.24) is 14.1 Å². The molecule has 6 rings (SSSR count). The standard InChI is InChI=1S/C28H27FN4O4/c29-20-7-9-21(10-8-20)30-25(34)16-37-22-11-5-19(6-12-22)23-13-24-26(31-23)27(35)33(15-18-3-4-18)28(36)32(24)14-17-1-2-17/h5-13,17-18,31H,1-4,14-16H2,(H,30,34). The Hall–Kier alpha value is -4.14. The lowest BCUT2D eigenvalue weighted by Gasteiger charge is -2.11. The molecular weight excluding hydrogens is 475 g/mol. The van der Waals surface area contributed by atoms with Crippen LogP contribution in [0.1, 0.15) is 25.7 Å². The fraction of sp³-hybridized carbons (Fsp3) is 0.321. The molecule has 4 aromatic rings. The van der Waals surface area contributed by atoms with Crippen molar-refractivity contribution in [1.29, 1.82) is 0 Å². The number of halogens is 1. The van der Waals surface area contributed by atoms with Crippen molar-refractivity contribution in [2.24, 2.45) is 11.8 Å². The van der Waals surface area contributed by atoms with E-state index in [1.165, 1.54) is 28.8 Å². The van der Waals surface area contributed by atoms with Crippen LogP contribution in [0, 0.1) is 17.7 Å². The van der Waals surface area contributed by atoms with Gasteiger partial charge in [-0.15, -0.1) is 0 Å². The number of H-pyrrole nitrogens is 1. The molecule has 0 atom stereocenters. The summed E-state index contributed by atoms with van der Waals surface area (Å²) in [5, 5.41) is 2.65. The minimum absolute atomic E-state index is 0.197. The molecule has 2 heterocycles. The van der Waals surface area contributed by atoms with Crippen molar-refractivity contribution >= 4 is 22.6 Å². The van der Waals surface area contributed by atoms with E-state index in [1.807, 2.05) is 18.2 Å². The number of carbonyl (C=O) groups excluding carboxylic acids is 1. The SMILES string of the molecule is O=C(COc1ccc(-c2cc3c([nH]2)c(=O)n(CC2CC2)c(=O)n3CC2CC2)cc1)Nc1ccc(F)cc1. The Balaban J connectivity index is 1.21. The normalized spacial score (nSPS) is 15.2. The van der Waals surface area contributed by atoms with Gasteiger partial charge in [-0.25, -0.2) is 9.18 Å². The second kappa shape index (κ2) is 9.38. The van der Waals surface area contributed by atoms with Crippen LogP contribution in [0.5, 0.6) is 5.75 Å². The molecule has 0 saturated heterocycles. The van der Waals surface area contributed by atoms with Crippen LogP contribution in [-0.4, -0.2) is 26.6 Å². The van der Waals surface area contributed by atoms with Crippen molar-refractivity contribution in [3.05, 3.63) is 81.3 Å². The number of nitrogens with one attached hydrogen (secondary N) is 2. The predicted molar refractivity (Wildman–Crippen MR) is 138 cm³/mol. The van der Waals surface area contributed by atoms with Gasteiger partial charge in [0.25, 0.3) is 11.5 Å². The molecule has 0 unspecified atom stereocenters. The topological polar surface area (TPSA) is 98.1 Å². The first-order valence-electron chi connectivity index (χ1n) is 12.6. The second-order valence-corrected chi connectivity index (χ2v) is 10.0. The van der Waals surface area contributed by atoms with Gasteiger partial charge in [0.15, 0.2) is 6.61 Å². The molecule has 2 aliphatic carbocycles. The van der Waals surface area contributed by atoms with E-state index in [1.54, 1.807) is 16.7 Å². The Morgan fingerprint density at radius 2 is 1.59 bits per heavy atom. The van der Waals surface area contributed by atoms with E-state index < -0.39 is 0 Å². The Labute approximate surface area is 211 Å². The maximum Gasteiger partial charge on any atom is 0.331 e. The average molecular weight is 503 g/mol. The van der Waals surface area contributed by atoms with Crippen LogP contribution in [-0.2, 0) is 17.9 Å². The number of carbonyl (C=O) groups is 1. The molecule has 1 amide bonds. The number of ether oxygens (including phenoxy) is 1. The molecule has 0 spiro atoms. The van der Waals surface area contributed by atoms with Gasteiger partial charge in [-0.1, -0.05) is 0 Å². The van der Waals surface area contributed by atoms with Crippen LogP contribution in [0.3, 0.4) is 0 Å². The fourth-order valence-electron chi connectivity index (χ4n) is 4.51. The van der Waals surface area contributed by atoms with E-state index in [0.717, 1.165) is 36.9 Å². The van der Waals surface area contributed by atoms with Crippen LogP contribution >= 0.6 is 0 Å². The highest BCUT2D eigenvalue weighted by Crippen LogP contribution is 2.32. The highest BCUT2D eigenvalue weighted by atomic mass is 19.1. The summed E-state index contributed by atoms with van der Waals surface area (Å²) in [6.07, 6.45) is 4.34. The van der Waals surface area contributed by atoms with Gasteiger partial charge in [0.2, 0.25) is 0 Å². The van der Waals surface area contributed by atoms with Gasteiger partial charge in [0, 0.05) is 24.5 Å². The first-order chi connectivity index (χ1) is 17.9. The van der Waals surface area contributed by atoms with Crippen molar-refractivity contribution in [2.75, 3.05) is 11.9 Å². The number of aromatic nitrogens is 3. The third kappa shape index (κ3) is 5.07. The zero-order valence-corrected chi connectivity index (χ0v) is 20.2. The van der Waals surface area contributed by atoms with Crippen LogP contribution < -0.4 is 21.3 Å². The maximum atomic E-state index is 13.2. The predicted octanol–water partition coefficient (Wildman–Crippen LogP) is 4.13. The van der Waals surface area contributed by atoms with Crippen LogP contribution in [0.15, 0.2) is 64.2 Å². The zero-order chi connectivity index (χ0) is 25.5. The molecule has 2 N–H and O–H groups in total. The number of hydrogen-bond acceptors (Lipinski definition) is 4. The quantitative estimate of drug-likeness (QED) is 0.360. The first-order valence-corrected chi connectivity index (χ1v) is 12.6. The molecule has 9 heteroatoms. The van der Waals surface area contributed by atoms with Crippen molar-refractivity contribution in [2.45, 2.75) is 38.8 Å². The van der Waals surface area contributed by atoms with E-state index in [9.17, 15) is 18.8 Å². The van der Waals surface area contributed by atoms with Crippen molar-refractivity contribution in [3.8, 4) is 17.0 Å². The number of aromatic amines is 1. The molecule has 37 heavy (non-hydrogen) atoms. The maximum absolute atomic E-state index is 13.2. The summed E-state index contributed by atoms with van der Waals surface area (Å²) < 4.78 is 21.8. The number of benzene rings is 2. The Bertz CT molecular complexity index is 1580. The first kappa shape index (κ1) is 23.3. The number of rotatable bonds is 9. The Morgan fingerprint density at radius 3 is 2.24 bits per heavy atom. The number of amides is 1. The fourth-order valence-corrected chi connectivity index (χ4v) is 4.51. The second-order valence-electron chi connectivity index (χ2n) is 10.0. The zero-order valence-electron chi connectivity index (χ0n) is 20.2. The van der Waals surface area contributed by atoms with Crippen LogP contribution in [0.25, 0.3) is 22.3 Å². The van der Waals surface area contributed by atoms with Gasteiger partial charge in [-0.2, -0.15) is 0 Å². The molecule has 0 aliphatic heterocycles. The summed E-state index contributed by atoms with van der Waals surface area (Å²) in [6, 6.07) is 14.5. The van der Waals surface area contributed by atoms with E-state index in [4.69, 9.17) is 4.74 Å². The third-order valence-corrected chi connectivity index (χ3v) is 6.95. The molecule has 0 radical (unpaired) electrons. The van der Waals surface area contributed by atoms with Crippen LogP contribution in [0.4, 0.5) is 10.1 Å². The largest absolute Gasteiger partial charge is 0.484 e. The minimum Gasteiger partial charge on any atom is -0.484 e. The molecule has 2 fully saturated rings. The van der Waals surface area contributed by atoms with Crippen molar-refractivity contribution in [3.63, 3.8) is 0 Å². The van der Waals surface area contributed by atoms with E-state index in [-0.39, 0.29) is 29.6 Å². The monoisotopic (exact) mass is 502 g/mol. The molecule has 8 nitrogen and oxygen atoms in total. The number of hydrogen-bond donors (Lipinski definition) is 2.